The molecule has 64 valence electrons. The van der Waals surface area contributed by atoms with Crippen molar-refractivity contribution in [2.75, 3.05) is 7.05 Å². The first-order chi connectivity index (χ1) is 5.02. The predicted molar refractivity (Wildman–Crippen MR) is 38.7 cm³/mol. The van der Waals surface area contributed by atoms with Gasteiger partial charge in [-0.05, 0) is 20.4 Å². The smallest absolute Gasteiger partial charge is 0.253 e. The Kier molecular flexibility index (Phi) is 1.32. The average molecular weight is 161 g/mol. The monoisotopic (exact) mass is 161 g/mol. The van der Waals surface area contributed by atoms with Crippen LogP contribution in [0.1, 0.15) is 19.8 Å². The van der Waals surface area contributed by atoms with Gasteiger partial charge in [0, 0.05) is 24.4 Å². The lowest BCUT2D eigenvalue weighted by Crippen LogP contribution is -2.53. The van der Waals surface area contributed by atoms with Crippen molar-refractivity contribution in [3.8, 4) is 0 Å². The highest BCUT2D eigenvalue weighted by atomic mass is 19.3. The Morgan fingerprint density at radius 2 is 2.09 bits per heavy atom. The first kappa shape index (κ1) is 7.47. The van der Waals surface area contributed by atoms with Crippen LogP contribution >= 0.6 is 0 Å². The standard InChI is InChI=1S/C8H13F2N/c1-5-3-6-7(11(5)2)4-8(6,9)10/h5-7H,3-4H2,1-2H3/t5-,6-,7-/m1/s1. The number of nitrogens with zero attached hydrogens (tertiary/aromatic N) is 1. The lowest BCUT2D eigenvalue weighted by atomic mass is 9.76. The maximum atomic E-state index is 12.8. The van der Waals surface area contributed by atoms with Gasteiger partial charge in [0.2, 0.25) is 0 Å². The third kappa shape index (κ3) is 0.835. The topological polar surface area (TPSA) is 3.24 Å². The molecule has 1 nitrogen and oxygen atoms in total. The third-order valence-corrected chi connectivity index (χ3v) is 3.30. The van der Waals surface area contributed by atoms with Gasteiger partial charge in [0.1, 0.15) is 0 Å². The van der Waals surface area contributed by atoms with E-state index in [0.29, 0.717) is 12.5 Å². The number of hydrogen-bond acceptors (Lipinski definition) is 1. The van der Waals surface area contributed by atoms with Gasteiger partial charge in [0.05, 0.1) is 0 Å². The van der Waals surface area contributed by atoms with Crippen LogP contribution in [0.3, 0.4) is 0 Å². The number of hydrogen-bond donors (Lipinski definition) is 0. The van der Waals surface area contributed by atoms with E-state index < -0.39 is 5.92 Å². The summed E-state index contributed by atoms with van der Waals surface area (Å²) in [6.07, 6.45) is 0.757. The molecule has 0 spiro atoms. The van der Waals surface area contributed by atoms with E-state index in [2.05, 4.69) is 4.90 Å². The summed E-state index contributed by atoms with van der Waals surface area (Å²) in [4.78, 5) is 2.09. The Labute approximate surface area is 65.4 Å². The average Bonchev–Trinajstić information content (AvgIpc) is 2.14. The van der Waals surface area contributed by atoms with Crippen molar-refractivity contribution in [2.45, 2.75) is 37.8 Å². The molecule has 1 aliphatic carbocycles. The van der Waals surface area contributed by atoms with E-state index in [1.54, 1.807) is 0 Å². The first-order valence-electron chi connectivity index (χ1n) is 4.12. The fourth-order valence-corrected chi connectivity index (χ4v) is 2.31. The van der Waals surface area contributed by atoms with Gasteiger partial charge in [0.25, 0.3) is 5.92 Å². The zero-order valence-corrected chi connectivity index (χ0v) is 6.85. The lowest BCUT2D eigenvalue weighted by molar-refractivity contribution is -0.154. The molecule has 1 heterocycles. The van der Waals surface area contributed by atoms with E-state index in [1.165, 1.54) is 0 Å². The van der Waals surface area contributed by atoms with Gasteiger partial charge in [-0.15, -0.1) is 0 Å². The molecule has 11 heavy (non-hydrogen) atoms. The highest BCUT2D eigenvalue weighted by Gasteiger charge is 2.61. The van der Waals surface area contributed by atoms with E-state index in [9.17, 15) is 8.78 Å². The molecule has 0 aromatic heterocycles. The largest absolute Gasteiger partial charge is 0.300 e. The molecule has 2 fully saturated rings. The summed E-state index contributed by atoms with van der Waals surface area (Å²) in [7, 11) is 1.95. The highest BCUT2D eigenvalue weighted by molar-refractivity contribution is 5.07. The van der Waals surface area contributed by atoms with Crippen molar-refractivity contribution >= 4 is 0 Å². The molecule has 1 saturated carbocycles. The maximum absolute atomic E-state index is 12.8. The van der Waals surface area contributed by atoms with Crippen molar-refractivity contribution in [1.82, 2.24) is 4.90 Å². The second-order valence-electron chi connectivity index (χ2n) is 3.89. The van der Waals surface area contributed by atoms with Gasteiger partial charge < -0.3 is 4.90 Å². The van der Waals surface area contributed by atoms with Crippen molar-refractivity contribution in [1.29, 1.82) is 0 Å². The lowest BCUT2D eigenvalue weighted by Gasteiger charge is -2.42. The quantitative estimate of drug-likeness (QED) is 0.523. The molecule has 2 aliphatic rings. The van der Waals surface area contributed by atoms with Crippen molar-refractivity contribution in [3.05, 3.63) is 0 Å². The van der Waals surface area contributed by atoms with Crippen LogP contribution in [0.4, 0.5) is 8.78 Å². The van der Waals surface area contributed by atoms with E-state index in [-0.39, 0.29) is 18.4 Å². The summed E-state index contributed by atoms with van der Waals surface area (Å²) in [5.41, 5.74) is 0. The Morgan fingerprint density at radius 1 is 1.45 bits per heavy atom. The third-order valence-electron chi connectivity index (χ3n) is 3.30. The molecular weight excluding hydrogens is 148 g/mol. The molecule has 0 aromatic carbocycles. The maximum Gasteiger partial charge on any atom is 0.253 e. The summed E-state index contributed by atoms with van der Waals surface area (Å²) in [6.45, 7) is 2.02. The van der Waals surface area contributed by atoms with Gasteiger partial charge in [-0.25, -0.2) is 8.78 Å². The SMILES string of the molecule is C[C@@H]1C[C@@H]2[C@@H](CC2(F)F)N1C. The number of rotatable bonds is 0. The van der Waals surface area contributed by atoms with Gasteiger partial charge in [0.15, 0.2) is 0 Å². The van der Waals surface area contributed by atoms with Crippen LogP contribution in [-0.4, -0.2) is 30.0 Å². The van der Waals surface area contributed by atoms with Crippen molar-refractivity contribution in [2.24, 2.45) is 5.92 Å². The van der Waals surface area contributed by atoms with Crippen LogP contribution in [0.15, 0.2) is 0 Å². The molecule has 0 aromatic rings. The van der Waals surface area contributed by atoms with Crippen LogP contribution in [0, 0.1) is 5.92 Å². The van der Waals surface area contributed by atoms with Crippen LogP contribution < -0.4 is 0 Å². The summed E-state index contributed by atoms with van der Waals surface area (Å²) in [5, 5.41) is 0. The van der Waals surface area contributed by atoms with Crippen LogP contribution in [-0.2, 0) is 0 Å². The second kappa shape index (κ2) is 1.94. The minimum absolute atomic E-state index is 0.0819. The summed E-state index contributed by atoms with van der Waals surface area (Å²) < 4.78 is 25.6. The van der Waals surface area contributed by atoms with Gasteiger partial charge in [-0.1, -0.05) is 0 Å². The fraction of sp³-hybridized carbons (Fsp3) is 1.00. The van der Waals surface area contributed by atoms with E-state index >= 15 is 0 Å². The summed E-state index contributed by atoms with van der Waals surface area (Å²) in [6, 6.07) is 0.512. The summed E-state index contributed by atoms with van der Waals surface area (Å²) >= 11 is 0. The Bertz CT molecular complexity index is 181. The Hall–Kier alpha value is -0.180. The second-order valence-corrected chi connectivity index (χ2v) is 3.89. The van der Waals surface area contributed by atoms with Gasteiger partial charge in [-0.3, -0.25) is 0 Å². The van der Waals surface area contributed by atoms with Gasteiger partial charge >= 0.3 is 0 Å². The zero-order valence-electron chi connectivity index (χ0n) is 6.85. The minimum Gasteiger partial charge on any atom is -0.300 e. The predicted octanol–water partition coefficient (Wildman–Crippen LogP) is 1.73. The Balaban J connectivity index is 2.11. The van der Waals surface area contributed by atoms with Crippen LogP contribution in [0.5, 0.6) is 0 Å². The molecule has 3 atom stereocenters. The zero-order chi connectivity index (χ0) is 8.22. The van der Waals surface area contributed by atoms with Gasteiger partial charge in [-0.2, -0.15) is 0 Å². The molecule has 0 N–H and O–H groups in total. The Morgan fingerprint density at radius 3 is 2.45 bits per heavy atom. The van der Waals surface area contributed by atoms with E-state index in [0.717, 1.165) is 0 Å². The number of fused-ring (bicyclic) bond motifs is 1. The number of likely N-dealkylation sites (tertiary alicyclic amines) is 1. The minimum atomic E-state index is -2.36. The van der Waals surface area contributed by atoms with Crippen LogP contribution in [0.2, 0.25) is 0 Å². The molecule has 0 amide bonds. The van der Waals surface area contributed by atoms with E-state index in [4.69, 9.17) is 0 Å². The number of halogens is 2. The molecular formula is C8H13F2N. The molecule has 0 unspecified atom stereocenters. The fourth-order valence-electron chi connectivity index (χ4n) is 2.31. The molecule has 3 heteroatoms. The molecule has 0 radical (unpaired) electrons. The number of alkyl halides is 2. The molecule has 1 aliphatic heterocycles. The van der Waals surface area contributed by atoms with E-state index in [1.807, 2.05) is 14.0 Å². The summed E-state index contributed by atoms with van der Waals surface area (Å²) in [5.74, 6) is -2.70. The van der Waals surface area contributed by atoms with Crippen molar-refractivity contribution in [3.63, 3.8) is 0 Å². The molecule has 1 saturated heterocycles. The molecule has 0 bridgehead atoms. The molecule has 2 rings (SSSR count). The normalized spacial score (nSPS) is 48.5. The van der Waals surface area contributed by atoms with Crippen molar-refractivity contribution < 1.29 is 8.78 Å². The first-order valence-corrected chi connectivity index (χ1v) is 4.12. The highest BCUT2D eigenvalue weighted by Crippen LogP contribution is 2.52. The van der Waals surface area contributed by atoms with Crippen LogP contribution in [0.25, 0.3) is 0 Å².